The van der Waals surface area contributed by atoms with E-state index in [1.54, 1.807) is 4.90 Å². The summed E-state index contributed by atoms with van der Waals surface area (Å²) in [5.74, 6) is -0.806. The van der Waals surface area contributed by atoms with Crippen LogP contribution in [0.1, 0.15) is 33.1 Å². The lowest BCUT2D eigenvalue weighted by Crippen LogP contribution is -2.40. The van der Waals surface area contributed by atoms with Crippen molar-refractivity contribution in [1.29, 1.82) is 0 Å². The lowest BCUT2D eigenvalue weighted by atomic mass is 9.84. The van der Waals surface area contributed by atoms with Crippen LogP contribution < -0.4 is 0 Å². The summed E-state index contributed by atoms with van der Waals surface area (Å²) in [7, 11) is 0. The molecule has 0 aromatic carbocycles. The van der Waals surface area contributed by atoms with Crippen molar-refractivity contribution in [1.82, 2.24) is 4.90 Å². The van der Waals surface area contributed by atoms with Gasteiger partial charge in [0.05, 0.1) is 17.4 Å². The predicted octanol–water partition coefficient (Wildman–Crippen LogP) is 1.12. The highest BCUT2D eigenvalue weighted by atomic mass is 16.5. The number of rotatable bonds is 3. The summed E-state index contributed by atoms with van der Waals surface area (Å²) in [5, 5.41) is 9.32. The van der Waals surface area contributed by atoms with E-state index in [9.17, 15) is 14.7 Å². The van der Waals surface area contributed by atoms with Gasteiger partial charge in [-0.3, -0.25) is 9.59 Å². The number of carboxylic acid groups (broad SMARTS) is 1. The number of nitrogens with zero attached hydrogens (tertiary/aromatic N) is 1. The van der Waals surface area contributed by atoms with Crippen LogP contribution in [0.5, 0.6) is 0 Å². The molecule has 0 aliphatic carbocycles. The van der Waals surface area contributed by atoms with Gasteiger partial charge in [-0.1, -0.05) is 6.92 Å². The summed E-state index contributed by atoms with van der Waals surface area (Å²) >= 11 is 0. The molecule has 0 spiro atoms. The van der Waals surface area contributed by atoms with Crippen molar-refractivity contribution in [3.8, 4) is 0 Å². The Balaban J connectivity index is 2.04. The van der Waals surface area contributed by atoms with Crippen molar-refractivity contribution in [2.24, 2.45) is 11.3 Å². The first-order chi connectivity index (χ1) is 8.50. The Labute approximate surface area is 107 Å². The number of carbonyl (C=O) groups is 2. The fraction of sp³-hybridized carbons (Fsp3) is 0.846. The molecular weight excluding hydrogens is 234 g/mol. The molecule has 2 rings (SSSR count). The molecule has 2 aliphatic rings. The zero-order valence-corrected chi connectivity index (χ0v) is 11.0. The van der Waals surface area contributed by atoms with Crippen LogP contribution >= 0.6 is 0 Å². The van der Waals surface area contributed by atoms with Crippen molar-refractivity contribution < 1.29 is 19.4 Å². The van der Waals surface area contributed by atoms with Crippen molar-refractivity contribution >= 4 is 11.9 Å². The molecule has 5 heteroatoms. The summed E-state index contributed by atoms with van der Waals surface area (Å²) < 4.78 is 5.41. The first kappa shape index (κ1) is 13.3. The second-order valence-corrected chi connectivity index (χ2v) is 5.42. The summed E-state index contributed by atoms with van der Waals surface area (Å²) in [4.78, 5) is 25.4. The molecule has 0 saturated carbocycles. The fourth-order valence-electron chi connectivity index (χ4n) is 2.97. The van der Waals surface area contributed by atoms with Gasteiger partial charge in [-0.25, -0.2) is 0 Å². The second kappa shape index (κ2) is 4.88. The first-order valence-corrected chi connectivity index (χ1v) is 6.64. The zero-order chi connectivity index (χ0) is 13.3. The van der Waals surface area contributed by atoms with Crippen LogP contribution in [0.3, 0.4) is 0 Å². The minimum absolute atomic E-state index is 0.0426. The average Bonchev–Trinajstić information content (AvgIpc) is 2.95. The second-order valence-electron chi connectivity index (χ2n) is 5.42. The Morgan fingerprint density at radius 1 is 1.50 bits per heavy atom. The van der Waals surface area contributed by atoms with E-state index in [2.05, 4.69) is 0 Å². The molecular formula is C13H21NO4. The van der Waals surface area contributed by atoms with E-state index in [4.69, 9.17) is 4.74 Å². The summed E-state index contributed by atoms with van der Waals surface area (Å²) in [6.07, 6.45) is 1.84. The molecule has 18 heavy (non-hydrogen) atoms. The largest absolute Gasteiger partial charge is 0.481 e. The fourth-order valence-corrected chi connectivity index (χ4v) is 2.97. The van der Waals surface area contributed by atoms with Gasteiger partial charge in [0.2, 0.25) is 5.91 Å². The number of hydrogen-bond donors (Lipinski definition) is 1. The number of aliphatic carboxylic acids is 1. The third-order valence-corrected chi connectivity index (χ3v) is 4.49. The molecule has 0 bridgehead atoms. The van der Waals surface area contributed by atoms with Gasteiger partial charge in [-0.05, 0) is 26.2 Å². The van der Waals surface area contributed by atoms with Gasteiger partial charge in [0.25, 0.3) is 0 Å². The van der Waals surface area contributed by atoms with Gasteiger partial charge in [-0.2, -0.15) is 0 Å². The van der Waals surface area contributed by atoms with Crippen molar-refractivity contribution in [3.63, 3.8) is 0 Å². The van der Waals surface area contributed by atoms with Crippen LogP contribution in [0.25, 0.3) is 0 Å². The molecule has 0 radical (unpaired) electrons. The minimum Gasteiger partial charge on any atom is -0.481 e. The Hall–Kier alpha value is -1.10. The van der Waals surface area contributed by atoms with Crippen LogP contribution in [-0.2, 0) is 14.3 Å². The Kier molecular flexibility index (Phi) is 3.61. The normalized spacial score (nSPS) is 36.0. The molecule has 0 aromatic rings. The number of carbonyl (C=O) groups excluding carboxylic acids is 1. The van der Waals surface area contributed by atoms with Crippen LogP contribution in [0.2, 0.25) is 0 Å². The van der Waals surface area contributed by atoms with E-state index in [0.717, 1.165) is 6.42 Å². The highest BCUT2D eigenvalue weighted by molar-refractivity contribution is 5.82. The molecule has 2 fully saturated rings. The summed E-state index contributed by atoms with van der Waals surface area (Å²) in [6, 6.07) is 0. The SMILES string of the molecule is CCC1(C(=O)O)CCN(C(=O)C2CCOC2C)C1. The van der Waals surface area contributed by atoms with Crippen LogP contribution in [0.4, 0.5) is 0 Å². The quantitative estimate of drug-likeness (QED) is 0.820. The predicted molar refractivity (Wildman–Crippen MR) is 65.1 cm³/mol. The maximum Gasteiger partial charge on any atom is 0.311 e. The Morgan fingerprint density at radius 2 is 2.22 bits per heavy atom. The standard InChI is InChI=1S/C13H21NO4/c1-3-13(12(16)17)5-6-14(8-13)11(15)10-4-7-18-9(10)2/h9-10H,3-8H2,1-2H3,(H,16,17). The van der Waals surface area contributed by atoms with Gasteiger partial charge in [-0.15, -0.1) is 0 Å². The lowest BCUT2D eigenvalue weighted by Gasteiger charge is -2.25. The molecule has 3 atom stereocenters. The third kappa shape index (κ3) is 2.11. The number of amides is 1. The molecule has 2 aliphatic heterocycles. The zero-order valence-electron chi connectivity index (χ0n) is 11.0. The van der Waals surface area contributed by atoms with Crippen molar-refractivity contribution in [3.05, 3.63) is 0 Å². The first-order valence-electron chi connectivity index (χ1n) is 6.64. The highest BCUT2D eigenvalue weighted by Crippen LogP contribution is 2.36. The Bertz CT molecular complexity index is 357. The molecule has 2 saturated heterocycles. The smallest absolute Gasteiger partial charge is 0.311 e. The van der Waals surface area contributed by atoms with E-state index in [0.29, 0.717) is 32.5 Å². The molecule has 1 N–H and O–H groups in total. The summed E-state index contributed by atoms with van der Waals surface area (Å²) in [5.41, 5.74) is -0.738. The third-order valence-electron chi connectivity index (χ3n) is 4.49. The number of carboxylic acids is 1. The van der Waals surface area contributed by atoms with E-state index in [1.165, 1.54) is 0 Å². The number of ether oxygens (including phenoxy) is 1. The lowest BCUT2D eigenvalue weighted by molar-refractivity contribution is -0.149. The van der Waals surface area contributed by atoms with Crippen LogP contribution in [0, 0.1) is 11.3 Å². The minimum atomic E-state index is -0.781. The molecule has 1 amide bonds. The topological polar surface area (TPSA) is 66.8 Å². The Morgan fingerprint density at radius 3 is 2.67 bits per heavy atom. The molecule has 5 nitrogen and oxygen atoms in total. The van der Waals surface area contributed by atoms with Gasteiger partial charge in [0.1, 0.15) is 0 Å². The number of hydrogen-bond acceptors (Lipinski definition) is 3. The maximum atomic E-state index is 12.3. The van der Waals surface area contributed by atoms with Gasteiger partial charge >= 0.3 is 5.97 Å². The van der Waals surface area contributed by atoms with Crippen LogP contribution in [-0.4, -0.2) is 47.7 Å². The number of likely N-dealkylation sites (tertiary alicyclic amines) is 1. The van der Waals surface area contributed by atoms with E-state index < -0.39 is 11.4 Å². The van der Waals surface area contributed by atoms with Crippen molar-refractivity contribution in [2.75, 3.05) is 19.7 Å². The van der Waals surface area contributed by atoms with Crippen LogP contribution in [0.15, 0.2) is 0 Å². The molecule has 3 unspecified atom stereocenters. The monoisotopic (exact) mass is 255 g/mol. The highest BCUT2D eigenvalue weighted by Gasteiger charge is 2.46. The average molecular weight is 255 g/mol. The molecule has 2 heterocycles. The van der Waals surface area contributed by atoms with E-state index >= 15 is 0 Å². The van der Waals surface area contributed by atoms with E-state index in [1.807, 2.05) is 13.8 Å². The van der Waals surface area contributed by atoms with Gasteiger partial charge in [0, 0.05) is 19.7 Å². The maximum absolute atomic E-state index is 12.3. The van der Waals surface area contributed by atoms with Gasteiger partial charge < -0.3 is 14.7 Å². The van der Waals surface area contributed by atoms with Gasteiger partial charge in [0.15, 0.2) is 0 Å². The van der Waals surface area contributed by atoms with Crippen molar-refractivity contribution in [2.45, 2.75) is 39.2 Å². The van der Waals surface area contributed by atoms with E-state index in [-0.39, 0.29) is 17.9 Å². The molecule has 102 valence electrons. The molecule has 0 aromatic heterocycles. The summed E-state index contributed by atoms with van der Waals surface area (Å²) in [6.45, 7) is 5.33.